The van der Waals surface area contributed by atoms with E-state index in [1.54, 1.807) is 7.05 Å². The van der Waals surface area contributed by atoms with E-state index in [4.69, 9.17) is 4.74 Å². The number of benzene rings is 1. The molecule has 3 rings (SSSR count). The van der Waals surface area contributed by atoms with Crippen molar-refractivity contribution >= 4 is 5.91 Å². The first-order chi connectivity index (χ1) is 9.22. The first-order valence-electron chi connectivity index (χ1n) is 7.21. The van der Waals surface area contributed by atoms with E-state index >= 15 is 0 Å². The van der Waals surface area contributed by atoms with Crippen molar-refractivity contribution in [2.75, 3.05) is 7.05 Å². The number of rotatable bonds is 2. The van der Waals surface area contributed by atoms with Gasteiger partial charge in [0.2, 0.25) is 5.91 Å². The Kier molecular flexibility index (Phi) is 3.21. The molecule has 2 aliphatic rings. The van der Waals surface area contributed by atoms with Gasteiger partial charge in [0.25, 0.3) is 0 Å². The van der Waals surface area contributed by atoms with Crippen molar-refractivity contribution in [3.63, 3.8) is 0 Å². The Balaban J connectivity index is 1.91. The van der Waals surface area contributed by atoms with Gasteiger partial charge in [-0.05, 0) is 43.7 Å². The lowest BCUT2D eigenvalue weighted by Gasteiger charge is -2.40. The topological polar surface area (TPSA) is 38.3 Å². The zero-order valence-electron chi connectivity index (χ0n) is 11.4. The van der Waals surface area contributed by atoms with Crippen LogP contribution in [-0.4, -0.2) is 18.6 Å². The van der Waals surface area contributed by atoms with Gasteiger partial charge in [-0.25, -0.2) is 0 Å². The summed E-state index contributed by atoms with van der Waals surface area (Å²) in [5, 5.41) is 2.74. The quantitative estimate of drug-likeness (QED) is 0.886. The minimum absolute atomic E-state index is 0.00690. The number of fused-ring (bicyclic) bond motifs is 1. The number of hydrogen-bond acceptors (Lipinski definition) is 2. The standard InChI is InChI=1S/C16H21NO2/c1-17-15(18)10-12-11-16(8-4-5-9-16)19-14-7-3-2-6-13(12)14/h2-3,6-7,12H,4-5,8-11H2,1H3,(H,17,18). The first-order valence-corrected chi connectivity index (χ1v) is 7.21. The summed E-state index contributed by atoms with van der Waals surface area (Å²) < 4.78 is 6.29. The van der Waals surface area contributed by atoms with Crippen molar-refractivity contribution in [2.45, 2.75) is 50.0 Å². The minimum atomic E-state index is -0.00690. The highest BCUT2D eigenvalue weighted by atomic mass is 16.5. The molecule has 1 aromatic carbocycles. The van der Waals surface area contributed by atoms with E-state index in [1.165, 1.54) is 18.4 Å². The van der Waals surface area contributed by atoms with E-state index in [1.807, 2.05) is 18.2 Å². The van der Waals surface area contributed by atoms with Crippen LogP contribution in [0.4, 0.5) is 0 Å². The van der Waals surface area contributed by atoms with Gasteiger partial charge < -0.3 is 10.1 Å². The second-order valence-electron chi connectivity index (χ2n) is 5.81. The van der Waals surface area contributed by atoms with Crippen LogP contribution in [0.15, 0.2) is 24.3 Å². The van der Waals surface area contributed by atoms with Crippen LogP contribution in [0.1, 0.15) is 50.0 Å². The summed E-state index contributed by atoms with van der Waals surface area (Å²) in [6.45, 7) is 0. The molecule has 1 unspecified atom stereocenters. The molecule has 0 radical (unpaired) electrons. The number of amides is 1. The average molecular weight is 259 g/mol. The fraction of sp³-hybridized carbons (Fsp3) is 0.562. The van der Waals surface area contributed by atoms with E-state index in [9.17, 15) is 4.79 Å². The highest BCUT2D eigenvalue weighted by molar-refractivity contribution is 5.76. The molecule has 1 aliphatic heterocycles. The van der Waals surface area contributed by atoms with Crippen molar-refractivity contribution in [3.05, 3.63) is 29.8 Å². The predicted molar refractivity (Wildman–Crippen MR) is 74.3 cm³/mol. The van der Waals surface area contributed by atoms with E-state index in [0.29, 0.717) is 12.3 Å². The van der Waals surface area contributed by atoms with E-state index in [2.05, 4.69) is 11.4 Å². The number of ether oxygens (including phenoxy) is 1. The minimum Gasteiger partial charge on any atom is -0.487 e. The van der Waals surface area contributed by atoms with Gasteiger partial charge >= 0.3 is 0 Å². The molecule has 0 saturated heterocycles. The van der Waals surface area contributed by atoms with Crippen molar-refractivity contribution in [1.82, 2.24) is 5.32 Å². The number of para-hydroxylation sites is 1. The molecule has 1 fully saturated rings. The summed E-state index contributed by atoms with van der Waals surface area (Å²) >= 11 is 0. The Bertz CT molecular complexity index is 477. The third kappa shape index (κ3) is 2.34. The molecule has 1 N–H and O–H groups in total. The third-order valence-corrected chi connectivity index (χ3v) is 4.53. The van der Waals surface area contributed by atoms with Crippen molar-refractivity contribution in [1.29, 1.82) is 0 Å². The zero-order valence-corrected chi connectivity index (χ0v) is 11.4. The Morgan fingerprint density at radius 2 is 2.11 bits per heavy atom. The molecule has 0 aromatic heterocycles. The van der Waals surface area contributed by atoms with Gasteiger partial charge in [0.05, 0.1) is 0 Å². The molecule has 1 heterocycles. The van der Waals surface area contributed by atoms with Crippen LogP contribution in [-0.2, 0) is 4.79 Å². The SMILES string of the molecule is CNC(=O)CC1CC2(CCCC2)Oc2ccccc21. The van der Waals surface area contributed by atoms with Gasteiger partial charge in [-0.3, -0.25) is 4.79 Å². The van der Waals surface area contributed by atoms with Crippen molar-refractivity contribution in [2.24, 2.45) is 0 Å². The fourth-order valence-corrected chi connectivity index (χ4v) is 3.58. The largest absolute Gasteiger partial charge is 0.487 e. The van der Waals surface area contributed by atoms with Crippen LogP contribution in [0.2, 0.25) is 0 Å². The molecule has 102 valence electrons. The van der Waals surface area contributed by atoms with Crippen LogP contribution >= 0.6 is 0 Å². The second-order valence-corrected chi connectivity index (χ2v) is 5.81. The van der Waals surface area contributed by atoms with E-state index in [-0.39, 0.29) is 11.5 Å². The highest BCUT2D eigenvalue weighted by Crippen LogP contribution is 2.48. The molecule has 1 spiro atoms. The molecule has 1 atom stereocenters. The first kappa shape index (κ1) is 12.5. The second kappa shape index (κ2) is 4.87. The predicted octanol–water partition coefficient (Wildman–Crippen LogP) is 3.00. The maximum Gasteiger partial charge on any atom is 0.220 e. The van der Waals surface area contributed by atoms with Crippen LogP contribution in [0.3, 0.4) is 0 Å². The van der Waals surface area contributed by atoms with E-state index < -0.39 is 0 Å². The summed E-state index contributed by atoms with van der Waals surface area (Å²) in [7, 11) is 1.71. The number of carbonyl (C=O) groups excluding carboxylic acids is 1. The summed E-state index contributed by atoms with van der Waals surface area (Å²) in [5.74, 6) is 1.41. The van der Waals surface area contributed by atoms with Gasteiger partial charge in [-0.2, -0.15) is 0 Å². The van der Waals surface area contributed by atoms with Gasteiger partial charge in [-0.15, -0.1) is 0 Å². The summed E-state index contributed by atoms with van der Waals surface area (Å²) in [6.07, 6.45) is 6.30. The summed E-state index contributed by atoms with van der Waals surface area (Å²) in [6, 6.07) is 8.20. The Morgan fingerprint density at radius 1 is 1.37 bits per heavy atom. The lowest BCUT2D eigenvalue weighted by molar-refractivity contribution is -0.121. The summed E-state index contributed by atoms with van der Waals surface area (Å²) in [4.78, 5) is 11.7. The maximum atomic E-state index is 11.7. The molecule has 1 amide bonds. The zero-order chi connectivity index (χ0) is 13.3. The molecule has 1 saturated carbocycles. The van der Waals surface area contributed by atoms with Crippen molar-refractivity contribution in [3.8, 4) is 5.75 Å². The van der Waals surface area contributed by atoms with Gasteiger partial charge in [-0.1, -0.05) is 18.2 Å². The highest BCUT2D eigenvalue weighted by Gasteiger charge is 2.43. The molecule has 3 nitrogen and oxygen atoms in total. The smallest absolute Gasteiger partial charge is 0.220 e. The third-order valence-electron chi connectivity index (χ3n) is 4.53. The fourth-order valence-electron chi connectivity index (χ4n) is 3.58. The molecular formula is C16H21NO2. The lowest BCUT2D eigenvalue weighted by Crippen LogP contribution is -2.39. The van der Waals surface area contributed by atoms with Crippen molar-refractivity contribution < 1.29 is 9.53 Å². The van der Waals surface area contributed by atoms with Crippen LogP contribution < -0.4 is 10.1 Å². The van der Waals surface area contributed by atoms with Crippen LogP contribution in [0, 0.1) is 0 Å². The maximum absolute atomic E-state index is 11.7. The molecule has 0 bridgehead atoms. The molecular weight excluding hydrogens is 238 g/mol. The monoisotopic (exact) mass is 259 g/mol. The van der Waals surface area contributed by atoms with Crippen LogP contribution in [0.5, 0.6) is 5.75 Å². The number of hydrogen-bond donors (Lipinski definition) is 1. The van der Waals surface area contributed by atoms with E-state index in [0.717, 1.165) is 25.0 Å². The molecule has 1 aromatic rings. The Hall–Kier alpha value is -1.51. The van der Waals surface area contributed by atoms with Crippen LogP contribution in [0.25, 0.3) is 0 Å². The Morgan fingerprint density at radius 3 is 2.84 bits per heavy atom. The normalized spacial score (nSPS) is 23.7. The molecule has 19 heavy (non-hydrogen) atoms. The average Bonchev–Trinajstić information content (AvgIpc) is 2.86. The van der Waals surface area contributed by atoms with Gasteiger partial charge in [0, 0.05) is 19.4 Å². The van der Waals surface area contributed by atoms with Gasteiger partial charge in [0.1, 0.15) is 11.4 Å². The summed E-state index contributed by atoms with van der Waals surface area (Å²) in [5.41, 5.74) is 1.19. The number of carbonyl (C=O) groups is 1. The molecule has 3 heteroatoms. The Labute approximate surface area is 114 Å². The lowest BCUT2D eigenvalue weighted by atomic mass is 9.80. The molecule has 1 aliphatic carbocycles. The van der Waals surface area contributed by atoms with Gasteiger partial charge in [0.15, 0.2) is 0 Å². The number of nitrogens with one attached hydrogen (secondary N) is 1.